The SMILES string of the molecule is CC[C@@H]1COC(c2cccn2Cc2ccccc2Cl)=N1. The highest BCUT2D eigenvalue weighted by Gasteiger charge is 2.20. The van der Waals surface area contributed by atoms with Crippen molar-refractivity contribution in [3.63, 3.8) is 0 Å². The summed E-state index contributed by atoms with van der Waals surface area (Å²) in [6.45, 7) is 3.54. The van der Waals surface area contributed by atoms with Crippen LogP contribution in [0.3, 0.4) is 0 Å². The molecule has 20 heavy (non-hydrogen) atoms. The van der Waals surface area contributed by atoms with Gasteiger partial charge in [0.2, 0.25) is 5.90 Å². The zero-order valence-electron chi connectivity index (χ0n) is 11.4. The molecule has 0 saturated carbocycles. The normalized spacial score (nSPS) is 17.9. The number of benzene rings is 1. The van der Waals surface area contributed by atoms with E-state index in [0.29, 0.717) is 6.61 Å². The first-order valence-electron chi connectivity index (χ1n) is 6.87. The van der Waals surface area contributed by atoms with E-state index in [-0.39, 0.29) is 6.04 Å². The van der Waals surface area contributed by atoms with Crippen LogP contribution in [0.4, 0.5) is 0 Å². The van der Waals surface area contributed by atoms with Crippen LogP contribution >= 0.6 is 11.6 Å². The monoisotopic (exact) mass is 288 g/mol. The maximum atomic E-state index is 6.22. The Morgan fingerprint density at radius 1 is 1.30 bits per heavy atom. The van der Waals surface area contributed by atoms with Gasteiger partial charge in [0.25, 0.3) is 0 Å². The van der Waals surface area contributed by atoms with E-state index in [2.05, 4.69) is 16.5 Å². The molecule has 1 aliphatic rings. The van der Waals surface area contributed by atoms with E-state index < -0.39 is 0 Å². The molecule has 0 N–H and O–H groups in total. The number of hydrogen-bond donors (Lipinski definition) is 0. The minimum atomic E-state index is 0.286. The Balaban J connectivity index is 1.86. The van der Waals surface area contributed by atoms with Crippen molar-refractivity contribution in [2.75, 3.05) is 6.61 Å². The molecule has 0 radical (unpaired) electrons. The standard InChI is InChI=1S/C16H17ClN2O/c1-2-13-11-20-16(18-13)15-8-5-9-19(15)10-12-6-3-4-7-14(12)17/h3-9,13H,2,10-11H2,1H3/t13-/m1/s1. The molecule has 3 nitrogen and oxygen atoms in total. The summed E-state index contributed by atoms with van der Waals surface area (Å²) >= 11 is 6.22. The number of rotatable bonds is 4. The average Bonchev–Trinajstić information content (AvgIpc) is 3.09. The van der Waals surface area contributed by atoms with E-state index in [9.17, 15) is 0 Å². The van der Waals surface area contributed by atoms with Crippen LogP contribution in [0, 0.1) is 0 Å². The van der Waals surface area contributed by atoms with Gasteiger partial charge in [0.1, 0.15) is 12.3 Å². The summed E-state index contributed by atoms with van der Waals surface area (Å²) in [5.74, 6) is 0.744. The smallest absolute Gasteiger partial charge is 0.233 e. The summed E-state index contributed by atoms with van der Waals surface area (Å²) in [6, 6.07) is 12.2. The number of aromatic nitrogens is 1. The van der Waals surface area contributed by atoms with Gasteiger partial charge in [0.05, 0.1) is 6.04 Å². The third-order valence-corrected chi connectivity index (χ3v) is 3.90. The van der Waals surface area contributed by atoms with Gasteiger partial charge < -0.3 is 9.30 Å². The third-order valence-electron chi connectivity index (χ3n) is 3.53. The second kappa shape index (κ2) is 5.71. The molecule has 104 valence electrons. The van der Waals surface area contributed by atoms with Gasteiger partial charge in [0.15, 0.2) is 0 Å². The van der Waals surface area contributed by atoms with E-state index in [1.54, 1.807) is 0 Å². The minimum Gasteiger partial charge on any atom is -0.474 e. The molecular formula is C16H17ClN2O. The van der Waals surface area contributed by atoms with Crippen LogP contribution < -0.4 is 0 Å². The van der Waals surface area contributed by atoms with Gasteiger partial charge >= 0.3 is 0 Å². The molecule has 0 fully saturated rings. The van der Waals surface area contributed by atoms with Crippen LogP contribution in [0.15, 0.2) is 47.6 Å². The Kier molecular flexibility index (Phi) is 3.79. The molecule has 0 aliphatic carbocycles. The number of halogens is 1. The fourth-order valence-electron chi connectivity index (χ4n) is 2.32. The van der Waals surface area contributed by atoms with Crippen LogP contribution in [-0.2, 0) is 11.3 Å². The van der Waals surface area contributed by atoms with Gasteiger partial charge in [-0.15, -0.1) is 0 Å². The summed E-state index contributed by atoms with van der Waals surface area (Å²) in [6.07, 6.45) is 3.04. The Labute approximate surface area is 123 Å². The van der Waals surface area contributed by atoms with Gasteiger partial charge in [-0.05, 0) is 30.2 Å². The first kappa shape index (κ1) is 13.3. The van der Waals surface area contributed by atoms with Crippen molar-refractivity contribution in [3.8, 4) is 0 Å². The zero-order chi connectivity index (χ0) is 13.9. The summed E-state index contributed by atoms with van der Waals surface area (Å²) in [4.78, 5) is 4.61. The van der Waals surface area contributed by atoms with Gasteiger partial charge in [0, 0.05) is 17.8 Å². The molecule has 0 bridgehead atoms. The van der Waals surface area contributed by atoms with Crippen molar-refractivity contribution >= 4 is 17.5 Å². The third kappa shape index (κ3) is 2.59. The highest BCUT2D eigenvalue weighted by Crippen LogP contribution is 2.19. The fourth-order valence-corrected chi connectivity index (χ4v) is 2.52. The van der Waals surface area contributed by atoms with Gasteiger partial charge in [-0.3, -0.25) is 0 Å². The molecule has 0 unspecified atom stereocenters. The molecule has 1 aromatic heterocycles. The summed E-state index contributed by atoms with van der Waals surface area (Å²) in [7, 11) is 0. The summed E-state index contributed by atoms with van der Waals surface area (Å²) in [5.41, 5.74) is 2.11. The second-order valence-electron chi connectivity index (χ2n) is 4.92. The molecule has 2 aromatic rings. The number of hydrogen-bond acceptors (Lipinski definition) is 2. The lowest BCUT2D eigenvalue weighted by atomic mass is 10.2. The summed E-state index contributed by atoms with van der Waals surface area (Å²) in [5, 5.41) is 0.785. The average molecular weight is 289 g/mol. The molecular weight excluding hydrogens is 272 g/mol. The van der Waals surface area contributed by atoms with E-state index in [4.69, 9.17) is 16.3 Å². The topological polar surface area (TPSA) is 26.5 Å². The molecule has 0 saturated heterocycles. The lowest BCUT2D eigenvalue weighted by Gasteiger charge is -2.10. The van der Waals surface area contributed by atoms with Crippen molar-refractivity contribution in [1.82, 2.24) is 4.57 Å². The van der Waals surface area contributed by atoms with Crippen LogP contribution in [0.5, 0.6) is 0 Å². The van der Waals surface area contributed by atoms with Crippen LogP contribution in [-0.4, -0.2) is 23.1 Å². The van der Waals surface area contributed by atoms with E-state index in [1.807, 2.05) is 42.6 Å². The predicted octanol–water partition coefficient (Wildman–Crippen LogP) is 3.75. The van der Waals surface area contributed by atoms with Crippen LogP contribution in [0.25, 0.3) is 0 Å². The Morgan fingerprint density at radius 3 is 2.90 bits per heavy atom. The Bertz CT molecular complexity index is 633. The molecule has 4 heteroatoms. The molecule has 1 atom stereocenters. The van der Waals surface area contributed by atoms with E-state index in [0.717, 1.165) is 35.1 Å². The first-order valence-corrected chi connectivity index (χ1v) is 7.25. The highest BCUT2D eigenvalue weighted by molar-refractivity contribution is 6.31. The van der Waals surface area contributed by atoms with Gasteiger partial charge in [-0.25, -0.2) is 4.99 Å². The van der Waals surface area contributed by atoms with Crippen molar-refractivity contribution in [1.29, 1.82) is 0 Å². The molecule has 0 amide bonds. The molecule has 2 heterocycles. The van der Waals surface area contributed by atoms with Crippen molar-refractivity contribution in [3.05, 3.63) is 58.9 Å². The first-order chi connectivity index (χ1) is 9.78. The predicted molar refractivity (Wildman–Crippen MR) is 81.6 cm³/mol. The van der Waals surface area contributed by atoms with Crippen LogP contribution in [0.1, 0.15) is 24.6 Å². The molecule has 0 spiro atoms. The number of ether oxygens (including phenoxy) is 1. The number of nitrogens with zero attached hydrogens (tertiary/aromatic N) is 2. The quantitative estimate of drug-likeness (QED) is 0.842. The second-order valence-corrected chi connectivity index (χ2v) is 5.33. The van der Waals surface area contributed by atoms with Crippen LogP contribution in [0.2, 0.25) is 5.02 Å². The lowest BCUT2D eigenvalue weighted by molar-refractivity contribution is 0.313. The van der Waals surface area contributed by atoms with Gasteiger partial charge in [-0.2, -0.15) is 0 Å². The van der Waals surface area contributed by atoms with Crippen molar-refractivity contribution in [2.24, 2.45) is 4.99 Å². The molecule has 1 aromatic carbocycles. The largest absolute Gasteiger partial charge is 0.474 e. The maximum absolute atomic E-state index is 6.22. The molecule has 1 aliphatic heterocycles. The number of aliphatic imine (C=N–C) groups is 1. The lowest BCUT2D eigenvalue weighted by Crippen LogP contribution is -2.10. The Morgan fingerprint density at radius 2 is 2.15 bits per heavy atom. The van der Waals surface area contributed by atoms with Crippen molar-refractivity contribution < 1.29 is 4.74 Å². The van der Waals surface area contributed by atoms with Gasteiger partial charge in [-0.1, -0.05) is 36.7 Å². The highest BCUT2D eigenvalue weighted by atomic mass is 35.5. The maximum Gasteiger partial charge on any atom is 0.233 e. The fraction of sp³-hybridized carbons (Fsp3) is 0.312. The summed E-state index contributed by atoms with van der Waals surface area (Å²) < 4.78 is 7.83. The Hall–Kier alpha value is -1.74. The van der Waals surface area contributed by atoms with E-state index >= 15 is 0 Å². The van der Waals surface area contributed by atoms with E-state index in [1.165, 1.54) is 0 Å². The zero-order valence-corrected chi connectivity index (χ0v) is 12.2. The van der Waals surface area contributed by atoms with Crippen molar-refractivity contribution in [2.45, 2.75) is 25.9 Å². The minimum absolute atomic E-state index is 0.286. The molecule has 3 rings (SSSR count).